The summed E-state index contributed by atoms with van der Waals surface area (Å²) in [5.74, 6) is -0.979. The van der Waals surface area contributed by atoms with E-state index in [2.05, 4.69) is 4.98 Å². The van der Waals surface area contributed by atoms with Crippen LogP contribution in [0.4, 0.5) is 0 Å². The number of aryl methyl sites for hydroxylation is 1. The third-order valence-electron chi connectivity index (χ3n) is 2.66. The number of hydrogen-bond donors (Lipinski definition) is 2. The third kappa shape index (κ3) is 2.60. The zero-order valence-electron chi connectivity index (χ0n) is 9.55. The van der Waals surface area contributed by atoms with Crippen LogP contribution in [0.5, 0.6) is 0 Å². The number of carboxylic acid groups (broad SMARTS) is 1. The lowest BCUT2D eigenvalue weighted by Gasteiger charge is -2.07. The average molecular weight is 230 g/mol. The minimum atomic E-state index is -0.979. The van der Waals surface area contributed by atoms with E-state index in [0.717, 1.165) is 22.0 Å². The molecule has 0 aliphatic carbocycles. The Kier molecular flexibility index (Phi) is 3.06. The van der Waals surface area contributed by atoms with Gasteiger partial charge >= 0.3 is 5.97 Å². The van der Waals surface area contributed by atoms with Crippen LogP contribution in [0.2, 0.25) is 0 Å². The Morgan fingerprint density at radius 3 is 2.94 bits per heavy atom. The van der Waals surface area contributed by atoms with E-state index in [1.807, 2.05) is 37.4 Å². The summed E-state index contributed by atoms with van der Waals surface area (Å²) in [6.07, 6.45) is 2.14. The molecule has 0 radical (unpaired) electrons. The first-order valence-corrected chi connectivity index (χ1v) is 5.40. The van der Waals surface area contributed by atoms with Crippen LogP contribution in [0.1, 0.15) is 11.1 Å². The number of fused-ring (bicyclic) bond motifs is 1. The van der Waals surface area contributed by atoms with Gasteiger partial charge in [0, 0.05) is 11.6 Å². The lowest BCUT2D eigenvalue weighted by molar-refractivity contribution is -0.138. The molecule has 0 fully saturated rings. The van der Waals surface area contributed by atoms with Crippen molar-refractivity contribution in [1.29, 1.82) is 0 Å². The van der Waals surface area contributed by atoms with Crippen molar-refractivity contribution in [2.24, 2.45) is 5.73 Å². The summed E-state index contributed by atoms with van der Waals surface area (Å²) in [6, 6.07) is 6.87. The lowest BCUT2D eigenvalue weighted by Crippen LogP contribution is -2.32. The van der Waals surface area contributed by atoms with Gasteiger partial charge < -0.3 is 10.8 Å². The van der Waals surface area contributed by atoms with Crippen LogP contribution < -0.4 is 5.73 Å². The Bertz CT molecular complexity index is 566. The molecule has 4 nitrogen and oxygen atoms in total. The minimum Gasteiger partial charge on any atom is -0.480 e. The van der Waals surface area contributed by atoms with Gasteiger partial charge in [0.25, 0.3) is 0 Å². The van der Waals surface area contributed by atoms with E-state index in [0.29, 0.717) is 6.42 Å². The van der Waals surface area contributed by atoms with Crippen LogP contribution in [0, 0.1) is 6.92 Å². The molecule has 0 aliphatic heterocycles. The maximum Gasteiger partial charge on any atom is 0.320 e. The highest BCUT2D eigenvalue weighted by Crippen LogP contribution is 2.16. The highest BCUT2D eigenvalue weighted by Gasteiger charge is 2.12. The average Bonchev–Trinajstić information content (AvgIpc) is 2.28. The van der Waals surface area contributed by atoms with E-state index < -0.39 is 12.0 Å². The highest BCUT2D eigenvalue weighted by atomic mass is 16.4. The predicted molar refractivity (Wildman–Crippen MR) is 65.8 cm³/mol. The van der Waals surface area contributed by atoms with Crippen molar-refractivity contribution in [2.45, 2.75) is 19.4 Å². The van der Waals surface area contributed by atoms with Gasteiger partial charge in [-0.15, -0.1) is 0 Å². The molecule has 0 bridgehead atoms. The van der Waals surface area contributed by atoms with Crippen LogP contribution in [-0.2, 0) is 11.2 Å². The van der Waals surface area contributed by atoms with Crippen LogP contribution in [0.15, 0.2) is 30.5 Å². The number of carboxylic acids is 1. The molecule has 1 heterocycles. The molecule has 2 aromatic rings. The molecule has 1 unspecified atom stereocenters. The monoisotopic (exact) mass is 230 g/mol. The Morgan fingerprint density at radius 2 is 2.24 bits per heavy atom. The fourth-order valence-corrected chi connectivity index (χ4v) is 1.76. The molecular formula is C13H14N2O2. The number of nitrogens with two attached hydrogens (primary N) is 1. The molecule has 0 amide bonds. The molecule has 1 aromatic heterocycles. The summed E-state index contributed by atoms with van der Waals surface area (Å²) < 4.78 is 0. The number of pyridine rings is 1. The summed E-state index contributed by atoms with van der Waals surface area (Å²) in [5.41, 5.74) is 8.41. The summed E-state index contributed by atoms with van der Waals surface area (Å²) in [5, 5.41) is 9.78. The second-order valence-corrected chi connectivity index (χ2v) is 4.19. The van der Waals surface area contributed by atoms with Gasteiger partial charge in [0.05, 0.1) is 5.52 Å². The summed E-state index contributed by atoms with van der Waals surface area (Å²) in [6.45, 7) is 1.97. The summed E-state index contributed by atoms with van der Waals surface area (Å²) in [7, 11) is 0. The second-order valence-electron chi connectivity index (χ2n) is 4.19. The van der Waals surface area contributed by atoms with Crippen molar-refractivity contribution >= 4 is 16.9 Å². The molecular weight excluding hydrogens is 216 g/mol. The van der Waals surface area contributed by atoms with E-state index in [9.17, 15) is 4.79 Å². The largest absolute Gasteiger partial charge is 0.480 e. The van der Waals surface area contributed by atoms with Crippen molar-refractivity contribution < 1.29 is 9.90 Å². The molecule has 88 valence electrons. The van der Waals surface area contributed by atoms with Crippen LogP contribution >= 0.6 is 0 Å². The molecule has 4 heteroatoms. The zero-order chi connectivity index (χ0) is 12.4. The van der Waals surface area contributed by atoms with E-state index in [1.165, 1.54) is 0 Å². The second kappa shape index (κ2) is 4.51. The predicted octanol–water partition coefficient (Wildman–Crippen LogP) is 1.50. The first-order valence-electron chi connectivity index (χ1n) is 5.40. The number of rotatable bonds is 3. The lowest BCUT2D eigenvalue weighted by atomic mass is 10.0. The smallest absolute Gasteiger partial charge is 0.320 e. The number of hydrogen-bond acceptors (Lipinski definition) is 3. The van der Waals surface area contributed by atoms with Crippen molar-refractivity contribution in [3.8, 4) is 0 Å². The third-order valence-corrected chi connectivity index (χ3v) is 2.66. The maximum atomic E-state index is 10.7. The number of nitrogens with zero attached hydrogens (tertiary/aromatic N) is 1. The first-order chi connectivity index (χ1) is 8.06. The number of aliphatic carboxylic acids is 1. The minimum absolute atomic E-state index is 0.333. The molecule has 1 aromatic carbocycles. The van der Waals surface area contributed by atoms with Gasteiger partial charge in [0.15, 0.2) is 0 Å². The molecule has 2 rings (SSSR count). The van der Waals surface area contributed by atoms with E-state index in [1.54, 1.807) is 0 Å². The Hall–Kier alpha value is -1.94. The quantitative estimate of drug-likeness (QED) is 0.837. The zero-order valence-corrected chi connectivity index (χ0v) is 9.55. The van der Waals surface area contributed by atoms with Crippen molar-refractivity contribution in [3.05, 3.63) is 41.6 Å². The molecule has 1 atom stereocenters. The maximum absolute atomic E-state index is 10.7. The number of benzene rings is 1. The Balaban J connectivity index is 2.33. The van der Waals surface area contributed by atoms with Gasteiger partial charge in [-0.25, -0.2) is 0 Å². The highest BCUT2D eigenvalue weighted by molar-refractivity contribution is 5.80. The van der Waals surface area contributed by atoms with Gasteiger partial charge in [-0.2, -0.15) is 0 Å². The van der Waals surface area contributed by atoms with Crippen LogP contribution in [0.3, 0.4) is 0 Å². The van der Waals surface area contributed by atoms with E-state index in [-0.39, 0.29) is 0 Å². The normalized spacial score (nSPS) is 12.6. The Morgan fingerprint density at radius 1 is 1.47 bits per heavy atom. The number of aromatic nitrogens is 1. The van der Waals surface area contributed by atoms with Crippen LogP contribution in [0.25, 0.3) is 10.9 Å². The van der Waals surface area contributed by atoms with Gasteiger partial charge in [0.2, 0.25) is 0 Å². The fraction of sp³-hybridized carbons (Fsp3) is 0.231. The number of carbonyl (C=O) groups is 1. The molecule has 0 aliphatic rings. The SMILES string of the molecule is Cc1cnc2ccc(CC(N)C(=O)O)cc2c1. The topological polar surface area (TPSA) is 76.2 Å². The van der Waals surface area contributed by atoms with Crippen molar-refractivity contribution in [2.75, 3.05) is 0 Å². The standard InChI is InChI=1S/C13H14N2O2/c1-8-4-10-5-9(6-11(14)13(16)17)2-3-12(10)15-7-8/h2-5,7,11H,6,14H2,1H3,(H,16,17). The molecule has 3 N–H and O–H groups in total. The molecule has 0 saturated carbocycles. The molecule has 0 spiro atoms. The van der Waals surface area contributed by atoms with Gasteiger partial charge in [0.1, 0.15) is 6.04 Å². The first kappa shape index (κ1) is 11.5. The Labute approximate surface area is 99.1 Å². The van der Waals surface area contributed by atoms with Crippen LogP contribution in [-0.4, -0.2) is 22.1 Å². The fourth-order valence-electron chi connectivity index (χ4n) is 1.76. The molecule has 0 saturated heterocycles. The summed E-state index contributed by atoms with van der Waals surface area (Å²) in [4.78, 5) is 15.0. The van der Waals surface area contributed by atoms with Crippen molar-refractivity contribution in [1.82, 2.24) is 4.98 Å². The van der Waals surface area contributed by atoms with Gasteiger partial charge in [-0.05, 0) is 42.7 Å². The molecule has 17 heavy (non-hydrogen) atoms. The van der Waals surface area contributed by atoms with E-state index >= 15 is 0 Å². The summed E-state index contributed by atoms with van der Waals surface area (Å²) >= 11 is 0. The van der Waals surface area contributed by atoms with Crippen molar-refractivity contribution in [3.63, 3.8) is 0 Å². The van der Waals surface area contributed by atoms with Gasteiger partial charge in [-0.1, -0.05) is 6.07 Å². The van der Waals surface area contributed by atoms with Gasteiger partial charge in [-0.3, -0.25) is 9.78 Å². The van der Waals surface area contributed by atoms with E-state index in [4.69, 9.17) is 10.8 Å².